The molecule has 0 fully saturated rings. The first kappa shape index (κ1) is 20.9. The molecule has 0 amide bonds. The molecule has 0 heterocycles. The fourth-order valence-corrected chi connectivity index (χ4v) is 16.4. The van der Waals surface area contributed by atoms with E-state index < -0.39 is 14.7 Å². The average Bonchev–Trinajstić information content (AvgIpc) is 2.69. The summed E-state index contributed by atoms with van der Waals surface area (Å²) < 4.78 is 0.396. The quantitative estimate of drug-likeness (QED) is 0.367. The molecule has 0 atom stereocenters. The zero-order valence-corrected chi connectivity index (χ0v) is 20.0. The van der Waals surface area contributed by atoms with Crippen LogP contribution in [0.3, 0.4) is 0 Å². The minimum atomic E-state index is -1.64. The Morgan fingerprint density at radius 1 is 0.393 bits per heavy atom. The van der Waals surface area contributed by atoms with E-state index in [0.717, 1.165) is 0 Å². The van der Waals surface area contributed by atoms with Crippen molar-refractivity contribution in [1.82, 2.24) is 0 Å². The van der Waals surface area contributed by atoms with Crippen LogP contribution in [0, 0.1) is 0 Å². The first-order valence-electron chi connectivity index (χ1n) is 10.2. The van der Waals surface area contributed by atoms with E-state index in [1.54, 1.807) is 0 Å². The molecule has 0 saturated heterocycles. The zero-order chi connectivity index (χ0) is 20.4. The summed E-state index contributed by atoms with van der Waals surface area (Å²) in [7, 11) is 0. The molecule has 0 unspecified atom stereocenters. The van der Waals surface area contributed by atoms with Gasteiger partial charge in [0.2, 0.25) is 0 Å². The molecular formula is C27H33As. The third-order valence-electron chi connectivity index (χ3n) is 6.12. The van der Waals surface area contributed by atoms with Gasteiger partial charge < -0.3 is 0 Å². The molecule has 3 rings (SSSR count). The maximum absolute atomic E-state index is 2.48. The van der Waals surface area contributed by atoms with Gasteiger partial charge >= 0.3 is 176 Å². The van der Waals surface area contributed by atoms with Crippen molar-refractivity contribution in [3.8, 4) is 0 Å². The van der Waals surface area contributed by atoms with E-state index >= 15 is 0 Å². The van der Waals surface area contributed by atoms with Gasteiger partial charge in [-0.15, -0.1) is 0 Å². The van der Waals surface area contributed by atoms with Crippen LogP contribution < -0.4 is 0 Å². The van der Waals surface area contributed by atoms with Gasteiger partial charge in [-0.3, -0.25) is 0 Å². The van der Waals surface area contributed by atoms with E-state index in [0.29, 0.717) is 0 Å². The van der Waals surface area contributed by atoms with Crippen LogP contribution in [-0.4, -0.2) is 14.7 Å². The summed E-state index contributed by atoms with van der Waals surface area (Å²) in [4.78, 5) is 0. The summed E-state index contributed by atoms with van der Waals surface area (Å²) in [5.41, 5.74) is 4.38. The van der Waals surface area contributed by atoms with E-state index in [4.69, 9.17) is 0 Å². The number of benzene rings is 3. The summed E-state index contributed by atoms with van der Waals surface area (Å²) in [6.45, 7) is 14.9. The second-order valence-electron chi connectivity index (χ2n) is 9.11. The summed E-state index contributed by atoms with van der Waals surface area (Å²) >= 11 is -1.64. The first-order valence-corrected chi connectivity index (χ1v) is 13.0. The molecule has 0 N–H and O–H groups in total. The van der Waals surface area contributed by atoms with Crippen molar-refractivity contribution < 1.29 is 0 Å². The average molecular weight is 432 g/mol. The van der Waals surface area contributed by atoms with Crippen LogP contribution in [0.25, 0.3) is 0 Å². The van der Waals surface area contributed by atoms with Crippen LogP contribution in [0.2, 0.25) is 0 Å². The molecule has 0 aromatic heterocycles. The van der Waals surface area contributed by atoms with E-state index in [1.165, 1.54) is 16.7 Å². The van der Waals surface area contributed by atoms with Crippen molar-refractivity contribution in [2.24, 2.45) is 0 Å². The molecule has 0 aliphatic rings. The van der Waals surface area contributed by atoms with Crippen molar-refractivity contribution in [3.63, 3.8) is 0 Å². The molecular weight excluding hydrogens is 399 g/mol. The number of rotatable bonds is 6. The molecule has 0 saturated carbocycles. The predicted octanol–water partition coefficient (Wildman–Crippen LogP) is 7.03. The van der Waals surface area contributed by atoms with E-state index in [-0.39, 0.29) is 12.6 Å². The predicted molar refractivity (Wildman–Crippen MR) is 124 cm³/mol. The van der Waals surface area contributed by atoms with Crippen molar-refractivity contribution in [2.45, 2.75) is 54.2 Å². The maximum atomic E-state index is 2.48. The molecule has 0 aliphatic carbocycles. The Labute approximate surface area is 176 Å². The molecule has 3 aromatic carbocycles. The summed E-state index contributed by atoms with van der Waals surface area (Å²) in [6, 6.07) is 33.5. The van der Waals surface area contributed by atoms with Gasteiger partial charge in [-0.1, -0.05) is 0 Å². The fraction of sp³-hybridized carbons (Fsp3) is 0.333. The van der Waals surface area contributed by atoms with Crippen LogP contribution in [-0.2, 0) is 12.6 Å². The van der Waals surface area contributed by atoms with Crippen LogP contribution >= 0.6 is 0 Å². The van der Waals surface area contributed by atoms with Crippen LogP contribution in [0.5, 0.6) is 0 Å². The number of hydrogen-bond acceptors (Lipinski definition) is 0. The Kier molecular flexibility index (Phi) is 5.92. The van der Waals surface area contributed by atoms with Crippen molar-refractivity contribution in [3.05, 3.63) is 108 Å². The molecule has 0 radical (unpaired) electrons. The Bertz CT molecular complexity index is 755. The molecule has 0 spiro atoms. The third-order valence-corrected chi connectivity index (χ3v) is 14.8. The molecule has 0 aliphatic heterocycles. The molecule has 28 heavy (non-hydrogen) atoms. The summed E-state index contributed by atoms with van der Waals surface area (Å²) in [5.74, 6) is 0. The van der Waals surface area contributed by atoms with Crippen molar-refractivity contribution in [2.75, 3.05) is 0 Å². The van der Waals surface area contributed by atoms with Gasteiger partial charge in [-0.05, 0) is 0 Å². The van der Waals surface area contributed by atoms with Crippen molar-refractivity contribution in [1.29, 1.82) is 0 Å². The Morgan fingerprint density at radius 3 is 0.821 bits per heavy atom. The Hall–Kier alpha value is -1.78. The SMILES string of the molecule is CC(C)(c1ccccc1)[As](C(C)(C)c1ccccc1)C(C)(C)c1ccccc1. The van der Waals surface area contributed by atoms with Crippen LogP contribution in [0.15, 0.2) is 91.0 Å². The van der Waals surface area contributed by atoms with Gasteiger partial charge in [0.25, 0.3) is 0 Å². The first-order chi connectivity index (χ1) is 13.2. The third kappa shape index (κ3) is 3.85. The van der Waals surface area contributed by atoms with Gasteiger partial charge in [0, 0.05) is 0 Å². The van der Waals surface area contributed by atoms with Gasteiger partial charge in [-0.25, -0.2) is 0 Å². The topological polar surface area (TPSA) is 0 Å². The van der Waals surface area contributed by atoms with Gasteiger partial charge in [0.15, 0.2) is 0 Å². The standard InChI is InChI=1S/C27H33As/c1-25(2,22-16-10-7-11-17-22)28(26(3,4)23-18-12-8-13-19-23)27(5,6)24-20-14-9-15-21-24/h7-21H,1-6H3. The minimum absolute atomic E-state index is 0.132. The Morgan fingerprint density at radius 2 is 0.607 bits per heavy atom. The normalized spacial score (nSPS) is 13.0. The van der Waals surface area contributed by atoms with E-state index in [9.17, 15) is 0 Å². The molecule has 146 valence electrons. The second-order valence-corrected chi connectivity index (χ2v) is 17.6. The summed E-state index contributed by atoms with van der Waals surface area (Å²) in [5, 5.41) is 0. The van der Waals surface area contributed by atoms with Crippen LogP contribution in [0.4, 0.5) is 0 Å². The van der Waals surface area contributed by atoms with Gasteiger partial charge in [0.1, 0.15) is 0 Å². The number of hydrogen-bond donors (Lipinski definition) is 0. The van der Waals surface area contributed by atoms with Crippen molar-refractivity contribution >= 4 is 14.7 Å². The van der Waals surface area contributed by atoms with Gasteiger partial charge in [-0.2, -0.15) is 0 Å². The van der Waals surface area contributed by atoms with E-state index in [1.807, 2.05) is 0 Å². The Balaban J connectivity index is 2.23. The molecule has 0 bridgehead atoms. The second kappa shape index (κ2) is 7.92. The molecule has 0 nitrogen and oxygen atoms in total. The van der Waals surface area contributed by atoms with Gasteiger partial charge in [0.05, 0.1) is 0 Å². The fourth-order valence-electron chi connectivity index (χ4n) is 5.02. The van der Waals surface area contributed by atoms with Crippen LogP contribution in [0.1, 0.15) is 58.2 Å². The zero-order valence-electron chi connectivity index (χ0n) is 18.1. The molecule has 1 heteroatoms. The molecule has 3 aromatic rings. The monoisotopic (exact) mass is 432 g/mol. The summed E-state index contributed by atoms with van der Waals surface area (Å²) in [6.07, 6.45) is 0. The van der Waals surface area contributed by atoms with E-state index in [2.05, 4.69) is 133 Å².